The second kappa shape index (κ2) is 8.22. The number of benzene rings is 1. The molecule has 0 radical (unpaired) electrons. The Morgan fingerprint density at radius 3 is 2.30 bits per heavy atom. The fraction of sp³-hybridized carbons (Fsp3) is 0.579. The van der Waals surface area contributed by atoms with Crippen molar-refractivity contribution in [2.45, 2.75) is 58.3 Å². The van der Waals surface area contributed by atoms with Crippen molar-refractivity contribution in [2.24, 2.45) is 5.84 Å². The lowest BCUT2D eigenvalue weighted by molar-refractivity contribution is -0.129. The molecule has 0 bridgehead atoms. The first-order valence-electron chi connectivity index (χ1n) is 9.04. The van der Waals surface area contributed by atoms with Gasteiger partial charge in [-0.3, -0.25) is 15.1 Å². The summed E-state index contributed by atoms with van der Waals surface area (Å²) in [5, 5.41) is 0. The van der Waals surface area contributed by atoms with Gasteiger partial charge in [0.2, 0.25) is 0 Å². The first-order valence-corrected chi connectivity index (χ1v) is 9.04. The molecule has 1 aromatic carbocycles. The summed E-state index contributed by atoms with van der Waals surface area (Å²) in [6.07, 6.45) is -0.372. The Kier molecular flexibility index (Phi) is 6.43. The van der Waals surface area contributed by atoms with Crippen LogP contribution in [0.5, 0.6) is 0 Å². The molecule has 1 fully saturated rings. The second-order valence-electron chi connectivity index (χ2n) is 7.99. The summed E-state index contributed by atoms with van der Waals surface area (Å²) in [7, 11) is 0. The third-order valence-electron chi connectivity index (χ3n) is 4.57. The van der Waals surface area contributed by atoms with Crippen molar-refractivity contribution in [2.75, 3.05) is 13.1 Å². The molecule has 3 atom stereocenters. The summed E-state index contributed by atoms with van der Waals surface area (Å²) < 4.78 is 18.8. The zero-order chi connectivity index (χ0) is 20.4. The molecule has 0 spiro atoms. The maximum absolute atomic E-state index is 13.3. The third kappa shape index (κ3) is 5.17. The molecule has 8 heteroatoms. The SMILES string of the molecule is C[C@@H]1CN(C(=O)OC(C)(C)C)[C@@H](C)CN1C(C(=O)NN)c1ccc(F)cc1. The number of halogens is 1. The van der Waals surface area contributed by atoms with Crippen LogP contribution in [-0.4, -0.2) is 52.6 Å². The number of nitrogens with zero attached hydrogens (tertiary/aromatic N) is 2. The molecule has 0 aliphatic carbocycles. The molecule has 1 heterocycles. The minimum atomic E-state index is -0.672. The van der Waals surface area contributed by atoms with Crippen LogP contribution in [0.1, 0.15) is 46.2 Å². The van der Waals surface area contributed by atoms with Crippen molar-refractivity contribution >= 4 is 12.0 Å². The van der Waals surface area contributed by atoms with Crippen LogP contribution in [0.2, 0.25) is 0 Å². The van der Waals surface area contributed by atoms with Crippen LogP contribution in [0.25, 0.3) is 0 Å². The van der Waals surface area contributed by atoms with Gasteiger partial charge in [-0.2, -0.15) is 0 Å². The van der Waals surface area contributed by atoms with Gasteiger partial charge in [0.1, 0.15) is 17.5 Å². The molecule has 1 aliphatic heterocycles. The molecule has 150 valence electrons. The molecule has 27 heavy (non-hydrogen) atoms. The van der Waals surface area contributed by atoms with Crippen molar-refractivity contribution in [1.82, 2.24) is 15.2 Å². The molecule has 1 aromatic rings. The van der Waals surface area contributed by atoms with Gasteiger partial charge in [0.25, 0.3) is 5.91 Å². The number of nitrogens with two attached hydrogens (primary N) is 1. The van der Waals surface area contributed by atoms with Crippen LogP contribution in [0.3, 0.4) is 0 Å². The van der Waals surface area contributed by atoms with Crippen LogP contribution >= 0.6 is 0 Å². The highest BCUT2D eigenvalue weighted by molar-refractivity contribution is 5.82. The topological polar surface area (TPSA) is 87.9 Å². The summed E-state index contributed by atoms with van der Waals surface area (Å²) >= 11 is 0. The Bertz CT molecular complexity index is 675. The lowest BCUT2D eigenvalue weighted by Crippen LogP contribution is -2.61. The van der Waals surface area contributed by atoms with E-state index in [2.05, 4.69) is 5.43 Å². The van der Waals surface area contributed by atoms with Crippen molar-refractivity contribution in [3.8, 4) is 0 Å². The molecule has 2 rings (SSSR count). The van der Waals surface area contributed by atoms with E-state index >= 15 is 0 Å². The van der Waals surface area contributed by atoms with Gasteiger partial charge in [-0.15, -0.1) is 0 Å². The molecular formula is C19H29FN4O3. The predicted molar refractivity (Wildman–Crippen MR) is 100 cm³/mol. The normalized spacial score (nSPS) is 22.3. The van der Waals surface area contributed by atoms with Gasteiger partial charge in [0.15, 0.2) is 0 Å². The number of amides is 2. The first-order chi connectivity index (χ1) is 12.5. The van der Waals surface area contributed by atoms with Gasteiger partial charge in [-0.1, -0.05) is 12.1 Å². The highest BCUT2D eigenvalue weighted by atomic mass is 19.1. The van der Waals surface area contributed by atoms with Gasteiger partial charge in [0.05, 0.1) is 0 Å². The molecule has 7 nitrogen and oxygen atoms in total. The molecule has 1 saturated heterocycles. The molecule has 2 amide bonds. The lowest BCUT2D eigenvalue weighted by atomic mass is 9.99. The standard InChI is InChI=1S/C19H29FN4O3/c1-12-11-24(18(26)27-19(3,4)5)13(2)10-23(12)16(17(25)22-21)14-6-8-15(20)9-7-14/h6-9,12-13,16H,10-11,21H2,1-5H3,(H,22,25)/t12-,13+,16?/m1/s1. The number of rotatable bonds is 3. The fourth-order valence-electron chi connectivity index (χ4n) is 3.31. The van der Waals surface area contributed by atoms with Crippen LogP contribution in [0, 0.1) is 5.82 Å². The average molecular weight is 380 g/mol. The Morgan fingerprint density at radius 1 is 1.19 bits per heavy atom. The number of hydrogen-bond donors (Lipinski definition) is 2. The van der Waals surface area contributed by atoms with Crippen molar-refractivity contribution in [3.05, 3.63) is 35.6 Å². The summed E-state index contributed by atoms with van der Waals surface area (Å²) in [6, 6.07) is 4.83. The van der Waals surface area contributed by atoms with Crippen LogP contribution in [0.15, 0.2) is 24.3 Å². The Morgan fingerprint density at radius 2 is 1.78 bits per heavy atom. The van der Waals surface area contributed by atoms with Crippen molar-refractivity contribution in [1.29, 1.82) is 0 Å². The Hall–Kier alpha value is -2.19. The number of ether oxygens (including phenoxy) is 1. The lowest BCUT2D eigenvalue weighted by Gasteiger charge is -2.46. The Labute approximate surface area is 159 Å². The van der Waals surface area contributed by atoms with E-state index in [1.54, 1.807) is 17.0 Å². The maximum atomic E-state index is 13.3. The minimum absolute atomic E-state index is 0.124. The van der Waals surface area contributed by atoms with Gasteiger partial charge in [-0.05, 0) is 52.3 Å². The minimum Gasteiger partial charge on any atom is -0.444 e. The molecular weight excluding hydrogens is 351 g/mol. The Balaban J connectivity index is 2.23. The van der Waals surface area contributed by atoms with Crippen LogP contribution in [-0.2, 0) is 9.53 Å². The molecule has 1 aliphatic rings. The molecule has 0 aromatic heterocycles. The van der Waals surface area contributed by atoms with E-state index in [0.717, 1.165) is 0 Å². The number of nitrogens with one attached hydrogen (secondary N) is 1. The van der Waals surface area contributed by atoms with Gasteiger partial charge in [-0.25, -0.2) is 15.0 Å². The number of hydrogen-bond acceptors (Lipinski definition) is 5. The van der Waals surface area contributed by atoms with Crippen molar-refractivity contribution < 1.29 is 18.7 Å². The maximum Gasteiger partial charge on any atom is 0.410 e. The van der Waals surface area contributed by atoms with E-state index in [1.165, 1.54) is 12.1 Å². The first kappa shape index (κ1) is 21.1. The van der Waals surface area contributed by atoms with Crippen LogP contribution < -0.4 is 11.3 Å². The number of hydrazine groups is 1. The fourth-order valence-corrected chi connectivity index (χ4v) is 3.31. The van der Waals surface area contributed by atoms with E-state index in [4.69, 9.17) is 10.6 Å². The zero-order valence-electron chi connectivity index (χ0n) is 16.5. The van der Waals surface area contributed by atoms with E-state index in [-0.39, 0.29) is 29.9 Å². The summed E-state index contributed by atoms with van der Waals surface area (Å²) in [6.45, 7) is 10.2. The highest BCUT2D eigenvalue weighted by Crippen LogP contribution is 2.28. The van der Waals surface area contributed by atoms with Crippen LogP contribution in [0.4, 0.5) is 9.18 Å². The van der Waals surface area contributed by atoms with Crippen molar-refractivity contribution in [3.63, 3.8) is 0 Å². The van der Waals surface area contributed by atoms with Gasteiger partial charge < -0.3 is 9.64 Å². The van der Waals surface area contributed by atoms with E-state index in [9.17, 15) is 14.0 Å². The number of carbonyl (C=O) groups excluding carboxylic acids is 2. The monoisotopic (exact) mass is 380 g/mol. The average Bonchev–Trinajstić information content (AvgIpc) is 2.57. The number of carbonyl (C=O) groups is 2. The van der Waals surface area contributed by atoms with E-state index < -0.39 is 11.6 Å². The van der Waals surface area contributed by atoms with E-state index in [0.29, 0.717) is 18.7 Å². The summed E-state index contributed by atoms with van der Waals surface area (Å²) in [5.41, 5.74) is 2.26. The summed E-state index contributed by atoms with van der Waals surface area (Å²) in [5.74, 6) is 4.63. The predicted octanol–water partition coefficient (Wildman–Crippen LogP) is 2.19. The molecule has 1 unspecified atom stereocenters. The number of piperazine rings is 1. The quantitative estimate of drug-likeness (QED) is 0.477. The highest BCUT2D eigenvalue weighted by Gasteiger charge is 2.39. The molecule has 3 N–H and O–H groups in total. The zero-order valence-corrected chi connectivity index (χ0v) is 16.5. The second-order valence-corrected chi connectivity index (χ2v) is 7.99. The smallest absolute Gasteiger partial charge is 0.410 e. The van der Waals surface area contributed by atoms with Gasteiger partial charge >= 0.3 is 6.09 Å². The largest absolute Gasteiger partial charge is 0.444 e. The van der Waals surface area contributed by atoms with E-state index in [1.807, 2.05) is 39.5 Å². The van der Waals surface area contributed by atoms with Gasteiger partial charge in [0, 0.05) is 25.2 Å². The third-order valence-corrected chi connectivity index (χ3v) is 4.57. The molecule has 0 saturated carbocycles. The summed E-state index contributed by atoms with van der Waals surface area (Å²) in [4.78, 5) is 28.6.